The third-order valence-electron chi connectivity index (χ3n) is 3.18. The van der Waals surface area contributed by atoms with E-state index in [9.17, 15) is 0 Å². The standard InChI is InChI=1S/C11H15N3/c12-11-13-8-5-1-3-7-4-2-6-9(14-11)10(7)8/h1,3,5,9,11,13-14H,2,4,6,12H2. The molecule has 0 fully saturated rings. The van der Waals surface area contributed by atoms with Crippen LogP contribution in [0.3, 0.4) is 0 Å². The normalized spacial score (nSPS) is 29.2. The molecule has 1 heterocycles. The smallest absolute Gasteiger partial charge is 0.130 e. The number of aryl methyl sites for hydroxylation is 1. The lowest BCUT2D eigenvalue weighted by molar-refractivity contribution is 0.405. The van der Waals surface area contributed by atoms with Crippen LogP contribution in [-0.2, 0) is 6.42 Å². The van der Waals surface area contributed by atoms with Crippen molar-refractivity contribution in [1.29, 1.82) is 0 Å². The summed E-state index contributed by atoms with van der Waals surface area (Å²) in [6.45, 7) is 0. The first-order valence-electron chi connectivity index (χ1n) is 5.24. The van der Waals surface area contributed by atoms with Crippen LogP contribution in [0.4, 0.5) is 5.69 Å². The fourth-order valence-electron chi connectivity index (χ4n) is 2.60. The molecule has 3 nitrogen and oxygen atoms in total. The molecule has 0 amide bonds. The van der Waals surface area contributed by atoms with Crippen LogP contribution in [0.1, 0.15) is 30.0 Å². The van der Waals surface area contributed by atoms with E-state index in [-0.39, 0.29) is 6.29 Å². The monoisotopic (exact) mass is 189 g/mol. The lowest BCUT2D eigenvalue weighted by Crippen LogP contribution is -2.50. The summed E-state index contributed by atoms with van der Waals surface area (Å²) in [5.41, 5.74) is 10.0. The maximum atomic E-state index is 5.87. The maximum absolute atomic E-state index is 5.87. The van der Waals surface area contributed by atoms with E-state index in [0.29, 0.717) is 6.04 Å². The second-order valence-corrected chi connectivity index (χ2v) is 4.11. The second kappa shape index (κ2) is 2.97. The zero-order valence-corrected chi connectivity index (χ0v) is 8.09. The minimum Gasteiger partial charge on any atom is -0.358 e. The molecule has 1 aromatic carbocycles. The summed E-state index contributed by atoms with van der Waals surface area (Å²) in [7, 11) is 0. The fourth-order valence-corrected chi connectivity index (χ4v) is 2.60. The molecule has 1 aromatic rings. The number of hydrogen-bond donors (Lipinski definition) is 3. The summed E-state index contributed by atoms with van der Waals surface area (Å²) < 4.78 is 0. The molecule has 1 aliphatic carbocycles. The van der Waals surface area contributed by atoms with Gasteiger partial charge < -0.3 is 5.32 Å². The number of benzene rings is 1. The fraction of sp³-hybridized carbons (Fsp3) is 0.455. The van der Waals surface area contributed by atoms with Crippen LogP contribution in [-0.4, -0.2) is 6.29 Å². The first-order chi connectivity index (χ1) is 6.84. The van der Waals surface area contributed by atoms with Crippen molar-refractivity contribution in [2.24, 2.45) is 5.73 Å². The summed E-state index contributed by atoms with van der Waals surface area (Å²) in [4.78, 5) is 0. The van der Waals surface area contributed by atoms with Crippen LogP contribution in [0.25, 0.3) is 0 Å². The summed E-state index contributed by atoms with van der Waals surface area (Å²) in [6.07, 6.45) is 3.58. The molecule has 0 saturated heterocycles. The highest BCUT2D eigenvalue weighted by atomic mass is 15.3. The van der Waals surface area contributed by atoms with Crippen molar-refractivity contribution < 1.29 is 0 Å². The van der Waals surface area contributed by atoms with Crippen molar-refractivity contribution in [2.45, 2.75) is 31.6 Å². The third-order valence-corrected chi connectivity index (χ3v) is 3.18. The average molecular weight is 189 g/mol. The molecule has 1 aliphatic heterocycles. The molecule has 2 aliphatic rings. The highest BCUT2D eigenvalue weighted by Crippen LogP contribution is 2.37. The summed E-state index contributed by atoms with van der Waals surface area (Å²) in [5.74, 6) is 0. The Hall–Kier alpha value is -1.06. The maximum Gasteiger partial charge on any atom is 0.130 e. The van der Waals surface area contributed by atoms with Gasteiger partial charge in [-0.05, 0) is 36.5 Å². The topological polar surface area (TPSA) is 50.1 Å². The lowest BCUT2D eigenvalue weighted by Gasteiger charge is -2.36. The molecule has 0 saturated carbocycles. The molecule has 0 spiro atoms. The molecule has 3 heteroatoms. The minimum absolute atomic E-state index is 0.0964. The molecular weight excluding hydrogens is 174 g/mol. The van der Waals surface area contributed by atoms with E-state index in [1.54, 1.807) is 0 Å². The molecule has 0 radical (unpaired) electrons. The molecule has 4 N–H and O–H groups in total. The van der Waals surface area contributed by atoms with Gasteiger partial charge in [-0.1, -0.05) is 12.1 Å². The van der Waals surface area contributed by atoms with Gasteiger partial charge in [-0.25, -0.2) is 0 Å². The van der Waals surface area contributed by atoms with Crippen LogP contribution < -0.4 is 16.4 Å². The quantitative estimate of drug-likeness (QED) is 0.577. The zero-order valence-electron chi connectivity index (χ0n) is 8.09. The zero-order chi connectivity index (χ0) is 9.54. The van der Waals surface area contributed by atoms with Crippen LogP contribution >= 0.6 is 0 Å². The van der Waals surface area contributed by atoms with Gasteiger partial charge in [0.15, 0.2) is 0 Å². The summed E-state index contributed by atoms with van der Waals surface area (Å²) >= 11 is 0. The van der Waals surface area contributed by atoms with Crippen LogP contribution in [0.5, 0.6) is 0 Å². The Balaban J connectivity index is 2.14. The van der Waals surface area contributed by atoms with Crippen molar-refractivity contribution in [3.63, 3.8) is 0 Å². The Labute approximate surface area is 83.7 Å². The number of rotatable bonds is 0. The van der Waals surface area contributed by atoms with E-state index >= 15 is 0 Å². The predicted molar refractivity (Wildman–Crippen MR) is 56.9 cm³/mol. The first kappa shape index (κ1) is 8.26. The van der Waals surface area contributed by atoms with E-state index < -0.39 is 0 Å². The van der Waals surface area contributed by atoms with Crippen molar-refractivity contribution >= 4 is 5.69 Å². The SMILES string of the molecule is NC1Nc2cccc3c2C(CCC3)N1. The van der Waals surface area contributed by atoms with Crippen molar-refractivity contribution in [1.82, 2.24) is 5.32 Å². The molecule has 14 heavy (non-hydrogen) atoms. The van der Waals surface area contributed by atoms with Crippen LogP contribution in [0, 0.1) is 0 Å². The Morgan fingerprint density at radius 2 is 2.29 bits per heavy atom. The van der Waals surface area contributed by atoms with Gasteiger partial charge in [0.05, 0.1) is 0 Å². The number of anilines is 1. The van der Waals surface area contributed by atoms with Crippen molar-refractivity contribution in [3.8, 4) is 0 Å². The van der Waals surface area contributed by atoms with Crippen molar-refractivity contribution in [2.75, 3.05) is 5.32 Å². The Morgan fingerprint density at radius 1 is 1.36 bits per heavy atom. The average Bonchev–Trinajstić information content (AvgIpc) is 2.18. The van der Waals surface area contributed by atoms with Gasteiger partial charge >= 0.3 is 0 Å². The first-order valence-corrected chi connectivity index (χ1v) is 5.24. The van der Waals surface area contributed by atoms with E-state index in [1.165, 1.54) is 36.1 Å². The van der Waals surface area contributed by atoms with E-state index in [0.717, 1.165) is 0 Å². The third kappa shape index (κ3) is 1.13. The number of nitrogens with two attached hydrogens (primary N) is 1. The minimum atomic E-state index is -0.0964. The highest BCUT2D eigenvalue weighted by molar-refractivity contribution is 5.59. The summed E-state index contributed by atoms with van der Waals surface area (Å²) in [6, 6.07) is 6.93. The highest BCUT2D eigenvalue weighted by Gasteiger charge is 2.28. The largest absolute Gasteiger partial charge is 0.358 e. The van der Waals surface area contributed by atoms with Crippen molar-refractivity contribution in [3.05, 3.63) is 29.3 Å². The van der Waals surface area contributed by atoms with E-state index in [2.05, 4.69) is 28.8 Å². The van der Waals surface area contributed by atoms with E-state index in [1.807, 2.05) is 0 Å². The Morgan fingerprint density at radius 3 is 3.21 bits per heavy atom. The van der Waals surface area contributed by atoms with Gasteiger partial charge in [0.1, 0.15) is 6.29 Å². The molecule has 2 unspecified atom stereocenters. The van der Waals surface area contributed by atoms with Crippen LogP contribution in [0.2, 0.25) is 0 Å². The van der Waals surface area contributed by atoms with Gasteiger partial charge in [-0.3, -0.25) is 11.1 Å². The molecule has 2 atom stereocenters. The molecule has 3 rings (SSSR count). The second-order valence-electron chi connectivity index (χ2n) is 4.11. The van der Waals surface area contributed by atoms with Gasteiger partial charge in [-0.2, -0.15) is 0 Å². The van der Waals surface area contributed by atoms with E-state index in [4.69, 9.17) is 5.73 Å². The van der Waals surface area contributed by atoms with Gasteiger partial charge in [-0.15, -0.1) is 0 Å². The molecule has 0 bridgehead atoms. The molecule has 0 aromatic heterocycles. The molecular formula is C11H15N3. The van der Waals surface area contributed by atoms with Crippen LogP contribution in [0.15, 0.2) is 18.2 Å². The Bertz CT molecular complexity index is 362. The number of nitrogens with one attached hydrogen (secondary N) is 2. The van der Waals surface area contributed by atoms with Gasteiger partial charge in [0.2, 0.25) is 0 Å². The molecule has 74 valence electrons. The van der Waals surface area contributed by atoms with Gasteiger partial charge in [0, 0.05) is 11.7 Å². The number of hydrogen-bond acceptors (Lipinski definition) is 3. The predicted octanol–water partition coefficient (Wildman–Crippen LogP) is 1.32. The lowest BCUT2D eigenvalue weighted by atomic mass is 9.85. The Kier molecular flexibility index (Phi) is 1.75. The summed E-state index contributed by atoms with van der Waals surface area (Å²) in [5, 5.41) is 6.65. The van der Waals surface area contributed by atoms with Gasteiger partial charge in [0.25, 0.3) is 0 Å².